The number of hydrogen-bond acceptors (Lipinski definition) is 2. The average molecular weight is 229 g/mol. The minimum Gasteiger partial charge on any atom is -0.328 e. The Kier molecular flexibility index (Phi) is 1.63. The molecule has 0 atom stereocenters. The lowest BCUT2D eigenvalue weighted by molar-refractivity contribution is 0.724. The lowest BCUT2D eigenvalue weighted by Crippen LogP contribution is -2.27. The van der Waals surface area contributed by atoms with Gasteiger partial charge < -0.3 is 10.7 Å². The smallest absolute Gasteiger partial charge is 0.253 e. The zero-order valence-electron chi connectivity index (χ0n) is 6.43. The highest BCUT2D eigenvalue weighted by atomic mass is 79.9. The fraction of sp³-hybridized carbons (Fsp3) is 0.375. The first kappa shape index (κ1) is 8.01. The summed E-state index contributed by atoms with van der Waals surface area (Å²) in [5.74, 6) is 0. The van der Waals surface area contributed by atoms with Crippen molar-refractivity contribution < 1.29 is 0 Å². The highest BCUT2D eigenvalue weighted by Crippen LogP contribution is 2.41. The Labute approximate surface area is 78.1 Å². The molecule has 1 heterocycles. The second-order valence-electron chi connectivity index (χ2n) is 3.22. The molecule has 0 aromatic carbocycles. The predicted octanol–water partition coefficient (Wildman–Crippen LogP) is 1.09. The molecule has 64 valence electrons. The number of aromatic amines is 1. The molecule has 0 bridgehead atoms. The van der Waals surface area contributed by atoms with Crippen molar-refractivity contribution in [1.29, 1.82) is 0 Å². The Morgan fingerprint density at radius 1 is 1.58 bits per heavy atom. The summed E-state index contributed by atoms with van der Waals surface area (Å²) < 4.78 is 0.869. The molecule has 1 aromatic heterocycles. The topological polar surface area (TPSA) is 58.9 Å². The number of nitrogens with two attached hydrogens (primary N) is 1. The van der Waals surface area contributed by atoms with Crippen LogP contribution in [0.5, 0.6) is 0 Å². The van der Waals surface area contributed by atoms with E-state index < -0.39 is 0 Å². The van der Waals surface area contributed by atoms with Crippen molar-refractivity contribution in [3.63, 3.8) is 0 Å². The molecule has 0 radical (unpaired) electrons. The van der Waals surface area contributed by atoms with E-state index in [0.717, 1.165) is 17.3 Å². The third kappa shape index (κ3) is 1.21. The maximum atomic E-state index is 11.3. The van der Waals surface area contributed by atoms with Gasteiger partial charge in [0.05, 0.1) is 0 Å². The lowest BCUT2D eigenvalue weighted by Gasteiger charge is -2.06. The minimum absolute atomic E-state index is 0.0711. The first-order valence-corrected chi connectivity index (χ1v) is 4.59. The van der Waals surface area contributed by atoms with Crippen LogP contribution in [0, 0.1) is 0 Å². The molecule has 0 spiro atoms. The summed E-state index contributed by atoms with van der Waals surface area (Å²) in [6.07, 6.45) is 3.44. The highest BCUT2D eigenvalue weighted by molar-refractivity contribution is 9.10. The molecule has 3 N–H and O–H groups in total. The fourth-order valence-corrected chi connectivity index (χ4v) is 1.57. The van der Waals surface area contributed by atoms with E-state index in [1.807, 2.05) is 0 Å². The van der Waals surface area contributed by atoms with Crippen molar-refractivity contribution in [1.82, 2.24) is 4.98 Å². The van der Waals surface area contributed by atoms with Crippen molar-refractivity contribution >= 4 is 15.9 Å². The predicted molar refractivity (Wildman–Crippen MR) is 49.9 cm³/mol. The molecule has 0 amide bonds. The van der Waals surface area contributed by atoms with Crippen LogP contribution in [0.1, 0.15) is 18.4 Å². The van der Waals surface area contributed by atoms with Crippen molar-refractivity contribution in [3.05, 3.63) is 32.7 Å². The summed E-state index contributed by atoms with van der Waals surface area (Å²) >= 11 is 3.29. The molecule has 1 fully saturated rings. The molecule has 1 aliphatic carbocycles. The standard InChI is InChI=1S/C8H9BrN2O/c9-5-3-6(7(12)11-4-5)8(10)1-2-8/h3-4H,1-2,10H2,(H,11,12). The molecular weight excluding hydrogens is 220 g/mol. The van der Waals surface area contributed by atoms with Crippen LogP contribution >= 0.6 is 15.9 Å². The molecule has 4 heteroatoms. The van der Waals surface area contributed by atoms with Crippen LogP contribution in [0.4, 0.5) is 0 Å². The summed E-state index contributed by atoms with van der Waals surface area (Å²) in [6.45, 7) is 0. The van der Waals surface area contributed by atoms with Crippen molar-refractivity contribution in [3.8, 4) is 0 Å². The number of rotatable bonds is 1. The zero-order chi connectivity index (χ0) is 8.77. The Hall–Kier alpha value is -0.610. The molecule has 3 nitrogen and oxygen atoms in total. The van der Waals surface area contributed by atoms with E-state index in [9.17, 15) is 4.79 Å². The maximum absolute atomic E-state index is 11.3. The molecular formula is C8H9BrN2O. The second kappa shape index (κ2) is 2.44. The fourth-order valence-electron chi connectivity index (χ4n) is 1.23. The normalized spacial score (nSPS) is 19.2. The van der Waals surface area contributed by atoms with Crippen LogP contribution in [0.2, 0.25) is 0 Å². The van der Waals surface area contributed by atoms with E-state index in [1.54, 1.807) is 12.3 Å². The van der Waals surface area contributed by atoms with Gasteiger partial charge in [-0.2, -0.15) is 0 Å². The number of pyridine rings is 1. The van der Waals surface area contributed by atoms with Crippen molar-refractivity contribution in [2.45, 2.75) is 18.4 Å². The van der Waals surface area contributed by atoms with Crippen molar-refractivity contribution in [2.75, 3.05) is 0 Å². The Morgan fingerprint density at radius 3 is 2.83 bits per heavy atom. The molecule has 1 aromatic rings. The summed E-state index contributed by atoms with van der Waals surface area (Å²) in [6, 6.07) is 1.80. The summed E-state index contributed by atoms with van der Waals surface area (Å²) in [4.78, 5) is 13.9. The monoisotopic (exact) mass is 228 g/mol. The quantitative estimate of drug-likeness (QED) is 0.757. The van der Waals surface area contributed by atoms with Crippen LogP contribution in [-0.4, -0.2) is 4.98 Å². The van der Waals surface area contributed by atoms with E-state index in [4.69, 9.17) is 5.73 Å². The zero-order valence-corrected chi connectivity index (χ0v) is 8.02. The van der Waals surface area contributed by atoms with Gasteiger partial charge in [0.15, 0.2) is 0 Å². The van der Waals surface area contributed by atoms with Crippen LogP contribution in [0.3, 0.4) is 0 Å². The van der Waals surface area contributed by atoms with Gasteiger partial charge >= 0.3 is 0 Å². The van der Waals surface area contributed by atoms with E-state index in [-0.39, 0.29) is 11.1 Å². The maximum Gasteiger partial charge on any atom is 0.253 e. The molecule has 0 unspecified atom stereocenters. The van der Waals surface area contributed by atoms with Gasteiger partial charge in [-0.05, 0) is 34.8 Å². The van der Waals surface area contributed by atoms with Gasteiger partial charge in [-0.25, -0.2) is 0 Å². The van der Waals surface area contributed by atoms with Crippen molar-refractivity contribution in [2.24, 2.45) is 5.73 Å². The molecule has 2 rings (SSSR count). The SMILES string of the molecule is NC1(c2cc(Br)c[nH]c2=O)CC1. The minimum atomic E-state index is -0.350. The number of H-pyrrole nitrogens is 1. The second-order valence-corrected chi connectivity index (χ2v) is 4.13. The summed E-state index contributed by atoms with van der Waals surface area (Å²) in [7, 11) is 0. The number of aromatic nitrogens is 1. The van der Waals surface area contributed by atoms with E-state index in [2.05, 4.69) is 20.9 Å². The van der Waals surface area contributed by atoms with Gasteiger partial charge in [0.1, 0.15) is 0 Å². The number of halogens is 1. The Bertz CT molecular complexity index is 368. The average Bonchev–Trinajstić information content (AvgIpc) is 2.75. The third-order valence-electron chi connectivity index (χ3n) is 2.19. The number of hydrogen-bond donors (Lipinski definition) is 2. The van der Waals surface area contributed by atoms with Gasteiger partial charge in [0.25, 0.3) is 5.56 Å². The van der Waals surface area contributed by atoms with E-state index in [1.165, 1.54) is 0 Å². The van der Waals surface area contributed by atoms with E-state index in [0.29, 0.717) is 5.56 Å². The summed E-state index contributed by atoms with van der Waals surface area (Å²) in [5, 5.41) is 0. The van der Waals surface area contributed by atoms with Crippen LogP contribution in [0.25, 0.3) is 0 Å². The van der Waals surface area contributed by atoms with Gasteiger partial charge in [-0.15, -0.1) is 0 Å². The largest absolute Gasteiger partial charge is 0.328 e. The summed E-state index contributed by atoms with van der Waals surface area (Å²) in [5.41, 5.74) is 6.17. The van der Waals surface area contributed by atoms with Crippen LogP contribution < -0.4 is 11.3 Å². The third-order valence-corrected chi connectivity index (χ3v) is 2.65. The Morgan fingerprint density at radius 2 is 2.25 bits per heavy atom. The van der Waals surface area contributed by atoms with Gasteiger partial charge in [-0.1, -0.05) is 0 Å². The highest BCUT2D eigenvalue weighted by Gasteiger charge is 2.42. The van der Waals surface area contributed by atoms with Gasteiger partial charge in [0.2, 0.25) is 0 Å². The first-order valence-electron chi connectivity index (χ1n) is 3.79. The molecule has 1 saturated carbocycles. The molecule has 12 heavy (non-hydrogen) atoms. The van der Waals surface area contributed by atoms with Crippen LogP contribution in [0.15, 0.2) is 21.5 Å². The molecule has 0 aliphatic heterocycles. The molecule has 0 saturated heterocycles. The first-order chi connectivity index (χ1) is 5.62. The van der Waals surface area contributed by atoms with Gasteiger partial charge in [0, 0.05) is 21.8 Å². The molecule has 1 aliphatic rings. The number of nitrogens with one attached hydrogen (secondary N) is 1. The lowest BCUT2D eigenvalue weighted by atomic mass is 10.1. The van der Waals surface area contributed by atoms with Crippen LogP contribution in [-0.2, 0) is 5.54 Å². The Balaban J connectivity index is 2.56. The van der Waals surface area contributed by atoms with Gasteiger partial charge in [-0.3, -0.25) is 4.79 Å². The van der Waals surface area contributed by atoms with E-state index >= 15 is 0 Å².